The number of fused-ring (bicyclic) bond motifs is 1. The van der Waals surface area contributed by atoms with Gasteiger partial charge in [-0.3, -0.25) is 4.72 Å². The van der Waals surface area contributed by atoms with Crippen LogP contribution in [0.4, 0.5) is 26.0 Å². The standard InChI is InChI=1S/C16H16F2N6O2S2/c1-3-6-28(25,26)24-10-5-4-9(17)13(12(10)18)22-15-14-11(20-8-21-15)7-19-16(23-14)27-2/h4-5,7-8,24H,3,6H2,1-2H3,(H,20,21,22). The maximum Gasteiger partial charge on any atom is 0.232 e. The molecule has 12 heteroatoms. The van der Waals surface area contributed by atoms with E-state index in [9.17, 15) is 17.2 Å². The fourth-order valence-corrected chi connectivity index (χ4v) is 3.85. The molecule has 148 valence electrons. The summed E-state index contributed by atoms with van der Waals surface area (Å²) in [6.45, 7) is 1.68. The molecule has 0 radical (unpaired) electrons. The van der Waals surface area contributed by atoms with E-state index < -0.39 is 27.3 Å². The number of sulfonamides is 1. The van der Waals surface area contributed by atoms with Crippen molar-refractivity contribution < 1.29 is 17.2 Å². The van der Waals surface area contributed by atoms with Crippen molar-refractivity contribution in [3.8, 4) is 0 Å². The van der Waals surface area contributed by atoms with Gasteiger partial charge in [0.25, 0.3) is 0 Å². The third kappa shape index (κ3) is 4.28. The summed E-state index contributed by atoms with van der Waals surface area (Å²) < 4.78 is 55.1. The molecule has 2 N–H and O–H groups in total. The Labute approximate surface area is 164 Å². The van der Waals surface area contributed by atoms with Gasteiger partial charge >= 0.3 is 0 Å². The maximum atomic E-state index is 14.8. The molecule has 28 heavy (non-hydrogen) atoms. The number of halogens is 2. The van der Waals surface area contributed by atoms with Gasteiger partial charge in [-0.15, -0.1) is 0 Å². The van der Waals surface area contributed by atoms with Gasteiger partial charge in [0.1, 0.15) is 28.9 Å². The molecule has 2 heterocycles. The van der Waals surface area contributed by atoms with E-state index in [4.69, 9.17) is 0 Å². The Kier molecular flexibility index (Phi) is 5.89. The molecule has 0 spiro atoms. The number of hydrogen-bond donors (Lipinski definition) is 2. The average molecular weight is 426 g/mol. The van der Waals surface area contributed by atoms with E-state index in [0.717, 1.165) is 12.1 Å². The zero-order chi connectivity index (χ0) is 20.3. The predicted molar refractivity (Wildman–Crippen MR) is 104 cm³/mol. The summed E-state index contributed by atoms with van der Waals surface area (Å²) in [4.78, 5) is 16.4. The monoisotopic (exact) mass is 426 g/mol. The summed E-state index contributed by atoms with van der Waals surface area (Å²) in [6, 6.07) is 1.98. The minimum Gasteiger partial charge on any atom is -0.333 e. The molecule has 0 saturated heterocycles. The second-order valence-electron chi connectivity index (χ2n) is 5.64. The summed E-state index contributed by atoms with van der Waals surface area (Å²) in [5.74, 6) is -2.13. The van der Waals surface area contributed by atoms with Crippen LogP contribution in [0.15, 0.2) is 29.8 Å². The molecule has 1 aromatic carbocycles. The zero-order valence-corrected chi connectivity index (χ0v) is 16.5. The summed E-state index contributed by atoms with van der Waals surface area (Å²) in [5, 5.41) is 2.99. The molecule has 3 aromatic rings. The van der Waals surface area contributed by atoms with Gasteiger partial charge in [0.05, 0.1) is 17.6 Å². The number of hydrogen-bond acceptors (Lipinski definition) is 8. The Morgan fingerprint density at radius 1 is 1.18 bits per heavy atom. The van der Waals surface area contributed by atoms with Gasteiger partial charge in [-0.25, -0.2) is 37.1 Å². The van der Waals surface area contributed by atoms with Crippen LogP contribution in [0.2, 0.25) is 0 Å². The van der Waals surface area contributed by atoms with Crippen LogP contribution in [0.1, 0.15) is 13.3 Å². The quantitative estimate of drug-likeness (QED) is 0.437. The number of thioether (sulfide) groups is 1. The zero-order valence-electron chi connectivity index (χ0n) is 14.9. The van der Waals surface area contributed by atoms with Gasteiger partial charge in [0.2, 0.25) is 10.0 Å². The molecular formula is C16H16F2N6O2S2. The van der Waals surface area contributed by atoms with Gasteiger partial charge in [0, 0.05) is 0 Å². The molecule has 0 unspecified atom stereocenters. The van der Waals surface area contributed by atoms with Gasteiger partial charge in [-0.1, -0.05) is 18.7 Å². The van der Waals surface area contributed by atoms with Gasteiger partial charge < -0.3 is 5.32 Å². The summed E-state index contributed by atoms with van der Waals surface area (Å²) in [5.41, 5.74) is -0.260. The van der Waals surface area contributed by atoms with Crippen molar-refractivity contribution in [3.63, 3.8) is 0 Å². The van der Waals surface area contributed by atoms with Crippen molar-refractivity contribution in [2.45, 2.75) is 18.5 Å². The first-order chi connectivity index (χ1) is 13.3. The lowest BCUT2D eigenvalue weighted by atomic mass is 10.2. The van der Waals surface area contributed by atoms with E-state index in [1.807, 2.05) is 0 Å². The minimum atomic E-state index is -3.74. The van der Waals surface area contributed by atoms with Crippen LogP contribution in [-0.2, 0) is 10.0 Å². The number of nitrogens with zero attached hydrogens (tertiary/aromatic N) is 4. The van der Waals surface area contributed by atoms with Crippen molar-refractivity contribution in [1.29, 1.82) is 0 Å². The fraction of sp³-hybridized carbons (Fsp3) is 0.250. The van der Waals surface area contributed by atoms with Crippen molar-refractivity contribution in [2.24, 2.45) is 0 Å². The van der Waals surface area contributed by atoms with Crippen LogP contribution in [0, 0.1) is 11.6 Å². The highest BCUT2D eigenvalue weighted by Gasteiger charge is 2.19. The lowest BCUT2D eigenvalue weighted by Crippen LogP contribution is -2.17. The van der Waals surface area contributed by atoms with Crippen LogP contribution in [0.3, 0.4) is 0 Å². The first-order valence-electron chi connectivity index (χ1n) is 8.12. The molecule has 0 aliphatic rings. The van der Waals surface area contributed by atoms with E-state index in [2.05, 4.69) is 30.0 Å². The molecule has 3 rings (SSSR count). The number of anilines is 3. The summed E-state index contributed by atoms with van der Waals surface area (Å²) >= 11 is 1.29. The van der Waals surface area contributed by atoms with Gasteiger partial charge in [0.15, 0.2) is 16.8 Å². The molecule has 0 atom stereocenters. The minimum absolute atomic E-state index is 0.0639. The molecular weight excluding hydrogens is 410 g/mol. The number of aromatic nitrogens is 4. The van der Waals surface area contributed by atoms with Crippen molar-refractivity contribution >= 4 is 50.0 Å². The lowest BCUT2D eigenvalue weighted by molar-refractivity contribution is 0.588. The van der Waals surface area contributed by atoms with Crippen LogP contribution >= 0.6 is 11.8 Å². The Morgan fingerprint density at radius 3 is 2.68 bits per heavy atom. The van der Waals surface area contributed by atoms with Crippen LogP contribution < -0.4 is 10.0 Å². The maximum absolute atomic E-state index is 14.8. The highest BCUT2D eigenvalue weighted by atomic mass is 32.2. The van der Waals surface area contributed by atoms with Crippen LogP contribution in [-0.4, -0.2) is 40.4 Å². The van der Waals surface area contributed by atoms with E-state index in [-0.39, 0.29) is 22.8 Å². The van der Waals surface area contributed by atoms with Gasteiger partial charge in [-0.05, 0) is 24.8 Å². The topological polar surface area (TPSA) is 110 Å². The van der Waals surface area contributed by atoms with E-state index in [1.54, 1.807) is 13.2 Å². The second kappa shape index (κ2) is 8.19. The normalized spacial score (nSPS) is 11.6. The molecule has 0 fully saturated rings. The SMILES string of the molecule is CCCS(=O)(=O)Nc1ccc(F)c(Nc2ncnc3cnc(SC)nc23)c1F. The highest BCUT2D eigenvalue weighted by molar-refractivity contribution is 7.98. The van der Waals surface area contributed by atoms with Gasteiger partial charge in [-0.2, -0.15) is 0 Å². The Hall–Kier alpha value is -2.60. The number of rotatable bonds is 7. The third-order valence-corrected chi connectivity index (χ3v) is 5.65. The molecule has 8 nitrogen and oxygen atoms in total. The average Bonchev–Trinajstić information content (AvgIpc) is 2.67. The molecule has 0 saturated carbocycles. The molecule has 0 aliphatic heterocycles. The van der Waals surface area contributed by atoms with Crippen molar-refractivity contribution in [1.82, 2.24) is 19.9 Å². The van der Waals surface area contributed by atoms with Crippen LogP contribution in [0.5, 0.6) is 0 Å². The molecule has 0 bridgehead atoms. The molecule has 0 aliphatic carbocycles. The third-order valence-electron chi connectivity index (χ3n) is 3.61. The lowest BCUT2D eigenvalue weighted by Gasteiger charge is -2.13. The smallest absolute Gasteiger partial charge is 0.232 e. The first kappa shape index (κ1) is 20.1. The number of nitrogens with one attached hydrogen (secondary N) is 2. The van der Waals surface area contributed by atoms with Crippen molar-refractivity contribution in [3.05, 3.63) is 36.3 Å². The Bertz CT molecular complexity index is 1130. The Morgan fingerprint density at radius 2 is 1.96 bits per heavy atom. The fourth-order valence-electron chi connectivity index (χ4n) is 2.38. The molecule has 2 aromatic heterocycles. The van der Waals surface area contributed by atoms with E-state index in [1.165, 1.54) is 24.3 Å². The predicted octanol–water partition coefficient (Wildman–Crippen LogP) is 3.32. The van der Waals surface area contributed by atoms with E-state index >= 15 is 0 Å². The van der Waals surface area contributed by atoms with Crippen LogP contribution in [0.25, 0.3) is 11.0 Å². The summed E-state index contributed by atoms with van der Waals surface area (Å²) in [6.07, 6.45) is 4.82. The molecule has 0 amide bonds. The first-order valence-corrected chi connectivity index (χ1v) is 11.0. The van der Waals surface area contributed by atoms with Crippen molar-refractivity contribution in [2.75, 3.05) is 22.0 Å². The summed E-state index contributed by atoms with van der Waals surface area (Å²) in [7, 11) is -3.74. The largest absolute Gasteiger partial charge is 0.333 e. The second-order valence-corrected chi connectivity index (χ2v) is 8.26. The highest BCUT2D eigenvalue weighted by Crippen LogP contribution is 2.30. The van der Waals surface area contributed by atoms with E-state index in [0.29, 0.717) is 17.1 Å². The Balaban J connectivity index is 2.03. The number of benzene rings is 1.